The Labute approximate surface area is 171 Å². The van der Waals surface area contributed by atoms with E-state index >= 15 is 0 Å². The molecule has 0 aromatic heterocycles. The van der Waals surface area contributed by atoms with Crippen LogP contribution in [0.2, 0.25) is 0 Å². The number of urea groups is 1. The fourth-order valence-electron chi connectivity index (χ4n) is 2.56. The zero-order valence-corrected chi connectivity index (χ0v) is 16.1. The van der Waals surface area contributed by atoms with Gasteiger partial charge in [0.25, 0.3) is 5.69 Å². The Balaban J connectivity index is 1.71. The van der Waals surface area contributed by atoms with Crippen molar-refractivity contribution in [3.05, 3.63) is 88.5 Å². The fraction of sp³-hybridized carbons (Fsp3) is 0. The van der Waals surface area contributed by atoms with Crippen LogP contribution < -0.4 is 10.6 Å². The SMILES string of the molecule is N#Cc1cccc(NC(=O)Nc2ccc(S(=O)(=O)c3ccc([N+](=O)[O-])cc3)cc2)c1. The van der Waals surface area contributed by atoms with Gasteiger partial charge in [0.05, 0.1) is 26.3 Å². The first-order chi connectivity index (χ1) is 14.3. The van der Waals surface area contributed by atoms with Crippen molar-refractivity contribution >= 4 is 32.9 Å². The Kier molecular flexibility index (Phi) is 5.75. The molecule has 150 valence electrons. The highest BCUT2D eigenvalue weighted by Gasteiger charge is 2.19. The molecule has 0 aliphatic rings. The summed E-state index contributed by atoms with van der Waals surface area (Å²) < 4.78 is 25.3. The van der Waals surface area contributed by atoms with Gasteiger partial charge in [0.1, 0.15) is 0 Å². The topological polar surface area (TPSA) is 142 Å². The van der Waals surface area contributed by atoms with Crippen molar-refractivity contribution in [2.24, 2.45) is 0 Å². The van der Waals surface area contributed by atoms with Gasteiger partial charge in [0.2, 0.25) is 9.84 Å². The molecule has 3 aromatic carbocycles. The predicted molar refractivity (Wildman–Crippen MR) is 109 cm³/mol. The van der Waals surface area contributed by atoms with Crippen molar-refractivity contribution in [3.63, 3.8) is 0 Å². The first kappa shape index (κ1) is 20.5. The molecule has 0 unspecified atom stereocenters. The zero-order valence-electron chi connectivity index (χ0n) is 15.3. The summed E-state index contributed by atoms with van der Waals surface area (Å²) in [6.45, 7) is 0. The molecule has 3 rings (SSSR count). The lowest BCUT2D eigenvalue weighted by Gasteiger charge is -2.09. The molecule has 3 aromatic rings. The van der Waals surface area contributed by atoms with Gasteiger partial charge in [-0.1, -0.05) is 6.07 Å². The molecule has 10 heteroatoms. The Morgan fingerprint density at radius 2 is 1.47 bits per heavy atom. The number of hydrogen-bond donors (Lipinski definition) is 2. The molecule has 0 radical (unpaired) electrons. The van der Waals surface area contributed by atoms with E-state index < -0.39 is 20.8 Å². The maximum Gasteiger partial charge on any atom is 0.323 e. The molecule has 2 amide bonds. The number of amides is 2. The number of hydrogen-bond acceptors (Lipinski definition) is 6. The first-order valence-corrected chi connectivity index (χ1v) is 9.96. The first-order valence-electron chi connectivity index (χ1n) is 8.47. The fourth-order valence-corrected chi connectivity index (χ4v) is 3.82. The van der Waals surface area contributed by atoms with E-state index in [1.807, 2.05) is 6.07 Å². The van der Waals surface area contributed by atoms with Gasteiger partial charge in [-0.3, -0.25) is 10.1 Å². The maximum atomic E-state index is 12.7. The van der Waals surface area contributed by atoms with Crippen molar-refractivity contribution in [1.82, 2.24) is 0 Å². The van der Waals surface area contributed by atoms with Gasteiger partial charge in [-0.2, -0.15) is 5.26 Å². The molecule has 0 spiro atoms. The van der Waals surface area contributed by atoms with Crippen molar-refractivity contribution < 1.29 is 18.1 Å². The van der Waals surface area contributed by atoms with Crippen molar-refractivity contribution in [2.45, 2.75) is 9.79 Å². The Bertz CT molecular complexity index is 1250. The Morgan fingerprint density at radius 1 is 0.900 bits per heavy atom. The van der Waals surface area contributed by atoms with Crippen LogP contribution in [0.3, 0.4) is 0 Å². The predicted octanol–water partition coefficient (Wildman–Crippen LogP) is 3.94. The molecule has 0 heterocycles. The summed E-state index contributed by atoms with van der Waals surface area (Å²) in [5, 5.41) is 24.7. The van der Waals surface area contributed by atoms with Crippen molar-refractivity contribution in [1.29, 1.82) is 5.26 Å². The molecule has 0 fully saturated rings. The van der Waals surface area contributed by atoms with E-state index in [-0.39, 0.29) is 15.5 Å². The minimum atomic E-state index is -3.86. The number of nitrogens with one attached hydrogen (secondary N) is 2. The Morgan fingerprint density at radius 3 is 2.03 bits per heavy atom. The number of non-ortho nitro benzene ring substituents is 1. The van der Waals surface area contributed by atoms with Crippen LogP contribution in [0.1, 0.15) is 5.56 Å². The molecular weight excluding hydrogens is 408 g/mol. The van der Waals surface area contributed by atoms with Gasteiger partial charge in [0.15, 0.2) is 0 Å². The summed E-state index contributed by atoms with van der Waals surface area (Å²) in [5.41, 5.74) is 0.976. The van der Waals surface area contributed by atoms with Crippen LogP contribution in [-0.4, -0.2) is 19.4 Å². The summed E-state index contributed by atoms with van der Waals surface area (Å²) in [6, 6.07) is 17.8. The number of rotatable bonds is 5. The molecule has 0 atom stereocenters. The van der Waals surface area contributed by atoms with Crippen molar-refractivity contribution in [3.8, 4) is 6.07 Å². The molecule has 30 heavy (non-hydrogen) atoms. The lowest BCUT2D eigenvalue weighted by atomic mass is 10.2. The minimum absolute atomic E-state index is 0.0240. The van der Waals surface area contributed by atoms with Gasteiger partial charge < -0.3 is 10.6 Å². The van der Waals surface area contributed by atoms with Gasteiger partial charge >= 0.3 is 6.03 Å². The maximum absolute atomic E-state index is 12.7. The van der Waals surface area contributed by atoms with Gasteiger partial charge in [0, 0.05) is 23.5 Å². The van der Waals surface area contributed by atoms with E-state index in [9.17, 15) is 23.3 Å². The highest BCUT2D eigenvalue weighted by molar-refractivity contribution is 7.91. The van der Waals surface area contributed by atoms with Gasteiger partial charge in [-0.15, -0.1) is 0 Å². The summed E-state index contributed by atoms with van der Waals surface area (Å²) in [4.78, 5) is 22.1. The quantitative estimate of drug-likeness (QED) is 0.471. The van der Waals surface area contributed by atoms with E-state index in [1.165, 1.54) is 42.5 Å². The lowest BCUT2D eigenvalue weighted by molar-refractivity contribution is -0.384. The largest absolute Gasteiger partial charge is 0.323 e. The Hall–Kier alpha value is -4.23. The monoisotopic (exact) mass is 422 g/mol. The molecule has 0 saturated carbocycles. The van der Waals surface area contributed by atoms with Crippen molar-refractivity contribution in [2.75, 3.05) is 10.6 Å². The third-order valence-electron chi connectivity index (χ3n) is 4.03. The molecular formula is C20H14N4O5S. The van der Waals surface area contributed by atoms with E-state index in [0.717, 1.165) is 12.1 Å². The summed E-state index contributed by atoms with van der Waals surface area (Å²) in [6.07, 6.45) is 0. The standard InChI is InChI=1S/C20H14N4O5S/c21-13-14-2-1-3-16(12-14)23-20(25)22-15-4-8-18(9-5-15)30(28,29)19-10-6-17(7-11-19)24(26)27/h1-12H,(H2,22,23,25). The van der Waals surface area contributed by atoms with E-state index in [0.29, 0.717) is 16.9 Å². The minimum Gasteiger partial charge on any atom is -0.308 e. The number of benzene rings is 3. The lowest BCUT2D eigenvalue weighted by Crippen LogP contribution is -2.19. The third-order valence-corrected chi connectivity index (χ3v) is 5.82. The molecule has 2 N–H and O–H groups in total. The van der Waals surface area contributed by atoms with Gasteiger partial charge in [-0.05, 0) is 54.6 Å². The van der Waals surface area contributed by atoms with Crippen LogP contribution >= 0.6 is 0 Å². The van der Waals surface area contributed by atoms with E-state index in [4.69, 9.17) is 5.26 Å². The number of nitriles is 1. The molecule has 0 aliphatic heterocycles. The van der Waals surface area contributed by atoms with Crippen LogP contribution in [-0.2, 0) is 9.84 Å². The second-order valence-electron chi connectivity index (χ2n) is 6.05. The second-order valence-corrected chi connectivity index (χ2v) is 8.00. The normalized spacial score (nSPS) is 10.6. The van der Waals surface area contributed by atoms with E-state index in [2.05, 4.69) is 10.6 Å². The number of carbonyl (C=O) groups excluding carboxylic acids is 1. The average molecular weight is 422 g/mol. The molecule has 0 saturated heterocycles. The van der Waals surface area contributed by atoms with Gasteiger partial charge in [-0.25, -0.2) is 13.2 Å². The van der Waals surface area contributed by atoms with Crippen LogP contribution in [0.4, 0.5) is 21.9 Å². The molecule has 0 aliphatic carbocycles. The summed E-state index contributed by atoms with van der Waals surface area (Å²) in [7, 11) is -3.86. The number of carbonyl (C=O) groups is 1. The third kappa shape index (κ3) is 4.60. The number of anilines is 2. The van der Waals surface area contributed by atoms with Crippen LogP contribution in [0, 0.1) is 21.4 Å². The van der Waals surface area contributed by atoms with Crippen LogP contribution in [0.5, 0.6) is 0 Å². The van der Waals surface area contributed by atoms with Crippen LogP contribution in [0.25, 0.3) is 0 Å². The highest BCUT2D eigenvalue weighted by atomic mass is 32.2. The molecule has 9 nitrogen and oxygen atoms in total. The second kappa shape index (κ2) is 8.42. The number of sulfone groups is 1. The highest BCUT2D eigenvalue weighted by Crippen LogP contribution is 2.24. The average Bonchev–Trinajstić information content (AvgIpc) is 2.74. The summed E-state index contributed by atoms with van der Waals surface area (Å²) in [5.74, 6) is 0. The summed E-state index contributed by atoms with van der Waals surface area (Å²) >= 11 is 0. The van der Waals surface area contributed by atoms with E-state index in [1.54, 1.807) is 18.2 Å². The smallest absolute Gasteiger partial charge is 0.308 e. The number of nitro groups is 1. The zero-order chi connectivity index (χ0) is 21.7. The number of nitrogens with zero attached hydrogens (tertiary/aromatic N) is 2. The van der Waals surface area contributed by atoms with Crippen LogP contribution in [0.15, 0.2) is 82.6 Å². The molecule has 0 bridgehead atoms. The number of nitro benzene ring substituents is 1.